The van der Waals surface area contributed by atoms with Crippen molar-refractivity contribution in [2.45, 2.75) is 24.8 Å². The molecule has 0 aromatic heterocycles. The number of alkyl halides is 3. The summed E-state index contributed by atoms with van der Waals surface area (Å²) in [5, 5.41) is 2.49. The number of nitrogens with zero attached hydrogens (tertiary/aromatic N) is 1. The molecule has 0 aliphatic carbocycles. The zero-order chi connectivity index (χ0) is 21.1. The molecule has 1 N–H and O–H groups in total. The van der Waals surface area contributed by atoms with Gasteiger partial charge < -0.3 is 5.32 Å². The molecule has 1 amide bonds. The van der Waals surface area contributed by atoms with Crippen LogP contribution in [0.15, 0.2) is 54.6 Å². The van der Waals surface area contributed by atoms with Crippen molar-refractivity contribution in [2.24, 2.45) is 5.92 Å². The second kappa shape index (κ2) is 8.54. The number of piperidine rings is 1. The van der Waals surface area contributed by atoms with Crippen LogP contribution in [0.5, 0.6) is 0 Å². The molecule has 3 rings (SSSR count). The van der Waals surface area contributed by atoms with Crippen LogP contribution in [0.1, 0.15) is 24.0 Å². The summed E-state index contributed by atoms with van der Waals surface area (Å²) in [4.78, 5) is 12.5. The van der Waals surface area contributed by atoms with Gasteiger partial charge in [0.2, 0.25) is 15.9 Å². The molecular weight excluding hydrogens is 405 g/mol. The van der Waals surface area contributed by atoms with E-state index < -0.39 is 33.6 Å². The molecule has 1 aliphatic rings. The maximum Gasteiger partial charge on any atom is 0.416 e. The fraction of sp³-hybridized carbons (Fsp3) is 0.350. The Morgan fingerprint density at radius 3 is 2.52 bits per heavy atom. The van der Waals surface area contributed by atoms with Gasteiger partial charge in [0, 0.05) is 18.8 Å². The highest BCUT2D eigenvalue weighted by molar-refractivity contribution is 7.88. The average Bonchev–Trinajstić information content (AvgIpc) is 2.68. The van der Waals surface area contributed by atoms with Gasteiger partial charge in [-0.1, -0.05) is 36.4 Å². The molecule has 29 heavy (non-hydrogen) atoms. The van der Waals surface area contributed by atoms with Gasteiger partial charge in [-0.15, -0.1) is 0 Å². The first-order valence-corrected chi connectivity index (χ1v) is 10.8. The van der Waals surface area contributed by atoms with E-state index in [4.69, 9.17) is 0 Å². The number of benzene rings is 2. The second-order valence-electron chi connectivity index (χ2n) is 7.01. The van der Waals surface area contributed by atoms with E-state index >= 15 is 0 Å². The van der Waals surface area contributed by atoms with E-state index in [-0.39, 0.29) is 18.0 Å². The lowest BCUT2D eigenvalue weighted by Crippen LogP contribution is -2.44. The van der Waals surface area contributed by atoms with Gasteiger partial charge in [0.05, 0.1) is 17.2 Å². The van der Waals surface area contributed by atoms with E-state index in [0.29, 0.717) is 24.9 Å². The van der Waals surface area contributed by atoms with Crippen LogP contribution in [0.3, 0.4) is 0 Å². The molecule has 0 bridgehead atoms. The molecule has 2 aromatic rings. The summed E-state index contributed by atoms with van der Waals surface area (Å²) in [7, 11) is -3.60. The number of rotatable bonds is 5. The predicted octanol–water partition coefficient (Wildman–Crippen LogP) is 3.89. The van der Waals surface area contributed by atoms with Gasteiger partial charge in [-0.3, -0.25) is 4.79 Å². The zero-order valence-corrected chi connectivity index (χ0v) is 16.3. The number of carbonyl (C=O) groups is 1. The molecule has 1 fully saturated rings. The first-order chi connectivity index (χ1) is 13.6. The number of anilines is 1. The lowest BCUT2D eigenvalue weighted by Gasteiger charge is -2.31. The van der Waals surface area contributed by atoms with E-state index in [2.05, 4.69) is 5.32 Å². The van der Waals surface area contributed by atoms with Crippen molar-refractivity contribution in [1.29, 1.82) is 0 Å². The molecule has 9 heteroatoms. The van der Waals surface area contributed by atoms with E-state index in [1.807, 2.05) is 0 Å². The maximum absolute atomic E-state index is 12.8. The minimum absolute atomic E-state index is 0.0139. The summed E-state index contributed by atoms with van der Waals surface area (Å²) in [5.74, 6) is -1.26. The third-order valence-corrected chi connectivity index (χ3v) is 6.61. The summed E-state index contributed by atoms with van der Waals surface area (Å²) in [6.07, 6.45) is -3.52. The number of carbonyl (C=O) groups excluding carboxylic acids is 1. The highest BCUT2D eigenvalue weighted by Crippen LogP contribution is 2.31. The van der Waals surface area contributed by atoms with Gasteiger partial charge in [-0.2, -0.15) is 13.2 Å². The number of sulfonamides is 1. The van der Waals surface area contributed by atoms with Gasteiger partial charge in [0.1, 0.15) is 0 Å². The summed E-state index contributed by atoms with van der Waals surface area (Å²) in [5.41, 5.74) is -0.164. The van der Waals surface area contributed by atoms with Crippen LogP contribution >= 0.6 is 0 Å². The Morgan fingerprint density at radius 2 is 1.83 bits per heavy atom. The monoisotopic (exact) mass is 426 g/mol. The Kier molecular flexibility index (Phi) is 6.28. The van der Waals surface area contributed by atoms with E-state index in [1.165, 1.54) is 16.4 Å². The molecule has 156 valence electrons. The van der Waals surface area contributed by atoms with Crippen molar-refractivity contribution in [2.75, 3.05) is 18.4 Å². The molecule has 1 atom stereocenters. The molecule has 0 unspecified atom stereocenters. The fourth-order valence-electron chi connectivity index (χ4n) is 3.30. The van der Waals surface area contributed by atoms with Crippen molar-refractivity contribution in [3.05, 3.63) is 65.7 Å². The Balaban J connectivity index is 1.66. The lowest BCUT2D eigenvalue weighted by atomic mass is 9.98. The van der Waals surface area contributed by atoms with Crippen molar-refractivity contribution >= 4 is 21.6 Å². The van der Waals surface area contributed by atoms with Gasteiger partial charge in [-0.25, -0.2) is 12.7 Å². The van der Waals surface area contributed by atoms with Gasteiger partial charge >= 0.3 is 6.18 Å². The summed E-state index contributed by atoms with van der Waals surface area (Å²) in [6, 6.07) is 13.1. The van der Waals surface area contributed by atoms with Crippen molar-refractivity contribution in [3.8, 4) is 0 Å². The van der Waals surface area contributed by atoms with Crippen LogP contribution in [-0.2, 0) is 26.7 Å². The minimum Gasteiger partial charge on any atom is -0.326 e. The van der Waals surface area contributed by atoms with Crippen LogP contribution in [0.25, 0.3) is 0 Å². The highest BCUT2D eigenvalue weighted by Gasteiger charge is 2.33. The van der Waals surface area contributed by atoms with Crippen molar-refractivity contribution in [3.63, 3.8) is 0 Å². The smallest absolute Gasteiger partial charge is 0.326 e. The first-order valence-electron chi connectivity index (χ1n) is 9.15. The van der Waals surface area contributed by atoms with Gasteiger partial charge in [0.15, 0.2) is 0 Å². The van der Waals surface area contributed by atoms with E-state index in [1.54, 1.807) is 30.3 Å². The Hall–Kier alpha value is -2.39. The predicted molar refractivity (Wildman–Crippen MR) is 103 cm³/mol. The van der Waals surface area contributed by atoms with E-state index in [0.717, 1.165) is 12.1 Å². The summed E-state index contributed by atoms with van der Waals surface area (Å²) >= 11 is 0. The molecule has 1 aliphatic heterocycles. The molecule has 2 aromatic carbocycles. The first kappa shape index (κ1) is 21.3. The Labute approximate surface area is 167 Å². The van der Waals surface area contributed by atoms with Crippen molar-refractivity contribution < 1.29 is 26.4 Å². The molecule has 1 heterocycles. The number of nitrogens with one attached hydrogen (secondary N) is 1. The molecule has 0 spiro atoms. The average molecular weight is 426 g/mol. The lowest BCUT2D eigenvalue weighted by molar-refractivity contribution is -0.137. The van der Waals surface area contributed by atoms with Crippen molar-refractivity contribution in [1.82, 2.24) is 4.31 Å². The normalized spacial score (nSPS) is 18.4. The van der Waals surface area contributed by atoms with Crippen LogP contribution in [0.2, 0.25) is 0 Å². The number of hydrogen-bond acceptors (Lipinski definition) is 3. The summed E-state index contributed by atoms with van der Waals surface area (Å²) < 4.78 is 65.2. The maximum atomic E-state index is 12.8. The Morgan fingerprint density at radius 1 is 1.10 bits per heavy atom. The molecule has 1 saturated heterocycles. The molecular formula is C20H21F3N2O3S. The SMILES string of the molecule is O=C(Nc1cccc(C(F)(F)F)c1)[C@@H]1CCCN(S(=O)(=O)Cc2ccccc2)C1. The third kappa shape index (κ3) is 5.57. The number of amides is 1. The van der Waals surface area contributed by atoms with Gasteiger partial charge in [-0.05, 0) is 36.6 Å². The zero-order valence-electron chi connectivity index (χ0n) is 15.5. The van der Waals surface area contributed by atoms with Crippen LogP contribution < -0.4 is 5.32 Å². The van der Waals surface area contributed by atoms with E-state index in [9.17, 15) is 26.4 Å². The fourth-order valence-corrected chi connectivity index (χ4v) is 4.91. The number of hydrogen-bond donors (Lipinski definition) is 1. The third-order valence-electron chi connectivity index (χ3n) is 4.80. The highest BCUT2D eigenvalue weighted by atomic mass is 32.2. The van der Waals surface area contributed by atoms with Crippen LogP contribution in [0, 0.1) is 5.92 Å². The van der Waals surface area contributed by atoms with Crippen LogP contribution in [-0.4, -0.2) is 31.7 Å². The second-order valence-corrected chi connectivity index (χ2v) is 8.98. The standard InChI is InChI=1S/C20H21F3N2O3S/c21-20(22,23)17-9-4-10-18(12-17)24-19(26)16-8-5-11-25(13-16)29(27,28)14-15-6-2-1-3-7-15/h1-4,6-7,9-10,12,16H,5,8,11,13-14H2,(H,24,26)/t16-/m1/s1. The largest absolute Gasteiger partial charge is 0.416 e. The molecule has 0 saturated carbocycles. The summed E-state index contributed by atoms with van der Waals surface area (Å²) in [6.45, 7) is 0.336. The topological polar surface area (TPSA) is 66.5 Å². The quantitative estimate of drug-likeness (QED) is 0.789. The van der Waals surface area contributed by atoms with Crippen LogP contribution in [0.4, 0.5) is 18.9 Å². The Bertz CT molecular complexity index is 962. The molecule has 0 radical (unpaired) electrons. The number of halogens is 3. The molecule has 5 nitrogen and oxygen atoms in total. The minimum atomic E-state index is -4.51. The van der Waals surface area contributed by atoms with Gasteiger partial charge in [0.25, 0.3) is 0 Å².